The number of hydrogen-bond acceptors (Lipinski definition) is 3. The maximum atomic E-state index is 8.52. The van der Waals surface area contributed by atoms with Crippen LogP contribution < -0.4 is 0 Å². The zero-order valence-corrected chi connectivity index (χ0v) is 6.66. The fraction of sp³-hybridized carbons (Fsp3) is 0.500. The Kier molecular flexibility index (Phi) is 2.27. The number of rotatable bonds is 2. The van der Waals surface area contributed by atoms with Crippen molar-refractivity contribution in [3.05, 3.63) is 17.8 Å². The van der Waals surface area contributed by atoms with Crippen molar-refractivity contribution in [1.82, 2.24) is 4.98 Å². The van der Waals surface area contributed by atoms with Gasteiger partial charge in [0.05, 0.1) is 11.8 Å². The lowest BCUT2D eigenvalue weighted by molar-refractivity contribution is 0.486. The summed E-state index contributed by atoms with van der Waals surface area (Å²) in [5.74, 6) is 0.277. The van der Waals surface area contributed by atoms with Crippen LogP contribution in [-0.2, 0) is 6.42 Å². The van der Waals surface area contributed by atoms with Gasteiger partial charge in [-0.05, 0) is 13.3 Å². The smallest absolute Gasteiger partial charge is 0.211 e. The quantitative estimate of drug-likeness (QED) is 0.646. The summed E-state index contributed by atoms with van der Waals surface area (Å²) in [5, 5.41) is 8.52. The van der Waals surface area contributed by atoms with Crippen molar-refractivity contribution in [2.75, 3.05) is 0 Å². The minimum atomic E-state index is -0.240. The molecule has 1 unspecified atom stereocenters. The summed E-state index contributed by atoms with van der Waals surface area (Å²) in [6, 6.07) is 2.06. The highest BCUT2D eigenvalue weighted by Gasteiger charge is 2.09. The van der Waals surface area contributed by atoms with Gasteiger partial charge >= 0.3 is 0 Å². The predicted octanol–water partition coefficient (Wildman–Crippen LogP) is 1.86. The lowest BCUT2D eigenvalue weighted by atomic mass is 10.2. The molecule has 0 fully saturated rings. The summed E-state index contributed by atoms with van der Waals surface area (Å²) in [6.45, 7) is 3.77. The second kappa shape index (κ2) is 3.20. The van der Waals surface area contributed by atoms with Crippen LogP contribution in [0.4, 0.5) is 0 Å². The topological polar surface area (TPSA) is 49.8 Å². The molecule has 1 rings (SSSR count). The van der Waals surface area contributed by atoms with Gasteiger partial charge in [0.2, 0.25) is 5.89 Å². The fourth-order valence-corrected chi connectivity index (χ4v) is 0.739. The molecule has 0 aromatic carbocycles. The van der Waals surface area contributed by atoms with E-state index in [1.807, 2.05) is 6.92 Å². The van der Waals surface area contributed by atoms with Crippen LogP contribution in [0.15, 0.2) is 10.7 Å². The number of oxazole rings is 1. The van der Waals surface area contributed by atoms with E-state index < -0.39 is 0 Å². The van der Waals surface area contributed by atoms with E-state index in [4.69, 9.17) is 9.68 Å². The summed E-state index contributed by atoms with van der Waals surface area (Å²) in [4.78, 5) is 4.11. The molecule has 0 spiro atoms. The zero-order valence-electron chi connectivity index (χ0n) is 6.66. The van der Waals surface area contributed by atoms with E-state index in [1.165, 1.54) is 0 Å². The third kappa shape index (κ3) is 1.58. The molecule has 0 aliphatic rings. The first-order valence-corrected chi connectivity index (χ1v) is 3.61. The van der Waals surface area contributed by atoms with Gasteiger partial charge in [-0.25, -0.2) is 4.98 Å². The maximum Gasteiger partial charge on any atom is 0.211 e. The van der Waals surface area contributed by atoms with Crippen LogP contribution >= 0.6 is 0 Å². The van der Waals surface area contributed by atoms with E-state index in [0.717, 1.165) is 12.1 Å². The van der Waals surface area contributed by atoms with Crippen LogP contribution in [-0.4, -0.2) is 4.98 Å². The first-order chi connectivity index (χ1) is 5.27. The van der Waals surface area contributed by atoms with Crippen LogP contribution in [0.3, 0.4) is 0 Å². The average Bonchev–Trinajstić information content (AvgIpc) is 2.50. The lowest BCUT2D eigenvalue weighted by Crippen LogP contribution is -1.89. The normalized spacial score (nSPS) is 12.5. The van der Waals surface area contributed by atoms with E-state index in [9.17, 15) is 0 Å². The Morgan fingerprint density at radius 3 is 3.00 bits per heavy atom. The van der Waals surface area contributed by atoms with Crippen LogP contribution in [0.1, 0.15) is 31.4 Å². The van der Waals surface area contributed by atoms with E-state index >= 15 is 0 Å². The number of hydrogen-bond donors (Lipinski definition) is 0. The third-order valence-electron chi connectivity index (χ3n) is 1.50. The minimum absolute atomic E-state index is 0.240. The summed E-state index contributed by atoms with van der Waals surface area (Å²) < 4.78 is 5.07. The molecule has 1 atom stereocenters. The van der Waals surface area contributed by atoms with Crippen LogP contribution in [0.5, 0.6) is 0 Å². The SMILES string of the molecule is CCc1coc(C(C)C#N)n1. The van der Waals surface area contributed by atoms with Gasteiger partial charge < -0.3 is 4.42 Å². The molecule has 3 heteroatoms. The van der Waals surface area contributed by atoms with Crippen molar-refractivity contribution in [2.24, 2.45) is 0 Å². The Balaban J connectivity index is 2.82. The van der Waals surface area contributed by atoms with Gasteiger partial charge in [0.25, 0.3) is 0 Å². The molecule has 3 nitrogen and oxygen atoms in total. The largest absolute Gasteiger partial charge is 0.447 e. The first kappa shape index (κ1) is 7.80. The Morgan fingerprint density at radius 2 is 2.55 bits per heavy atom. The molecule has 0 N–H and O–H groups in total. The molecule has 1 aromatic heterocycles. The summed E-state index contributed by atoms with van der Waals surface area (Å²) in [5.41, 5.74) is 0.905. The van der Waals surface area contributed by atoms with Gasteiger partial charge in [-0.15, -0.1) is 0 Å². The summed E-state index contributed by atoms with van der Waals surface area (Å²) >= 11 is 0. The average molecular weight is 150 g/mol. The molecule has 1 heterocycles. The lowest BCUT2D eigenvalue weighted by Gasteiger charge is -1.91. The third-order valence-corrected chi connectivity index (χ3v) is 1.50. The van der Waals surface area contributed by atoms with Gasteiger partial charge in [0.15, 0.2) is 0 Å². The molecular weight excluding hydrogens is 140 g/mol. The van der Waals surface area contributed by atoms with Crippen LogP contribution in [0.2, 0.25) is 0 Å². The molecular formula is C8H10N2O. The van der Waals surface area contributed by atoms with E-state index in [0.29, 0.717) is 5.89 Å². The van der Waals surface area contributed by atoms with Gasteiger partial charge in [-0.3, -0.25) is 0 Å². The van der Waals surface area contributed by atoms with Crippen molar-refractivity contribution >= 4 is 0 Å². The number of nitriles is 1. The highest BCUT2D eigenvalue weighted by atomic mass is 16.3. The first-order valence-electron chi connectivity index (χ1n) is 3.61. The van der Waals surface area contributed by atoms with Gasteiger partial charge in [0.1, 0.15) is 12.2 Å². The number of nitrogens with zero attached hydrogens (tertiary/aromatic N) is 2. The zero-order chi connectivity index (χ0) is 8.27. The molecule has 0 saturated heterocycles. The molecule has 0 radical (unpaired) electrons. The van der Waals surface area contributed by atoms with Crippen molar-refractivity contribution in [3.63, 3.8) is 0 Å². The standard InChI is InChI=1S/C8H10N2O/c1-3-7-5-11-8(10-7)6(2)4-9/h5-6H,3H2,1-2H3. The van der Waals surface area contributed by atoms with E-state index in [1.54, 1.807) is 13.2 Å². The minimum Gasteiger partial charge on any atom is -0.447 e. The number of aromatic nitrogens is 1. The monoisotopic (exact) mass is 150 g/mol. The molecule has 11 heavy (non-hydrogen) atoms. The van der Waals surface area contributed by atoms with Gasteiger partial charge in [-0.2, -0.15) is 5.26 Å². The molecule has 0 bridgehead atoms. The Morgan fingerprint density at radius 1 is 1.82 bits per heavy atom. The molecule has 0 saturated carbocycles. The Bertz CT molecular complexity index is 272. The van der Waals surface area contributed by atoms with Gasteiger partial charge in [-0.1, -0.05) is 6.92 Å². The molecule has 0 aliphatic heterocycles. The van der Waals surface area contributed by atoms with Gasteiger partial charge in [0, 0.05) is 0 Å². The second-order valence-corrected chi connectivity index (χ2v) is 2.38. The van der Waals surface area contributed by atoms with E-state index in [-0.39, 0.29) is 5.92 Å². The Hall–Kier alpha value is -1.30. The van der Waals surface area contributed by atoms with Crippen molar-refractivity contribution in [1.29, 1.82) is 5.26 Å². The highest BCUT2D eigenvalue weighted by Crippen LogP contribution is 2.12. The van der Waals surface area contributed by atoms with E-state index in [2.05, 4.69) is 11.1 Å². The predicted molar refractivity (Wildman–Crippen MR) is 39.9 cm³/mol. The fourth-order valence-electron chi connectivity index (χ4n) is 0.739. The van der Waals surface area contributed by atoms with Crippen LogP contribution in [0.25, 0.3) is 0 Å². The van der Waals surface area contributed by atoms with Crippen molar-refractivity contribution in [2.45, 2.75) is 26.2 Å². The summed E-state index contributed by atoms with van der Waals surface area (Å²) in [6.07, 6.45) is 2.45. The second-order valence-electron chi connectivity index (χ2n) is 2.38. The molecule has 58 valence electrons. The molecule has 1 aromatic rings. The molecule has 0 aliphatic carbocycles. The molecule has 0 amide bonds. The maximum absolute atomic E-state index is 8.52. The highest BCUT2D eigenvalue weighted by molar-refractivity contribution is 5.06. The number of aryl methyl sites for hydroxylation is 1. The van der Waals surface area contributed by atoms with Crippen LogP contribution in [0, 0.1) is 11.3 Å². The summed E-state index contributed by atoms with van der Waals surface area (Å²) in [7, 11) is 0. The Labute approximate surface area is 65.7 Å². The van der Waals surface area contributed by atoms with Crippen molar-refractivity contribution < 1.29 is 4.42 Å². The van der Waals surface area contributed by atoms with Crippen molar-refractivity contribution in [3.8, 4) is 6.07 Å².